The maximum absolute atomic E-state index is 2.22. The topological polar surface area (TPSA) is 0 Å². The number of aryl methyl sites for hydroxylation is 1. The molecule has 0 saturated carbocycles. The van der Waals surface area contributed by atoms with Crippen LogP contribution in [0.2, 0.25) is 0 Å². The molecule has 0 atom stereocenters. The summed E-state index contributed by atoms with van der Waals surface area (Å²) in [5.74, 6) is 0. The quantitative estimate of drug-likeness (QED) is 0.535. The van der Waals surface area contributed by atoms with Crippen molar-refractivity contribution < 1.29 is 0 Å². The second-order valence-electron chi connectivity index (χ2n) is 4.85. The first-order valence-corrected chi connectivity index (χ1v) is 6.55. The van der Waals surface area contributed by atoms with Gasteiger partial charge >= 0.3 is 0 Å². The van der Waals surface area contributed by atoms with Crippen molar-refractivity contribution in [3.05, 3.63) is 83.4 Å². The summed E-state index contributed by atoms with van der Waals surface area (Å²) >= 11 is 0. The van der Waals surface area contributed by atoms with Gasteiger partial charge in [-0.25, -0.2) is 0 Å². The molecule has 0 nitrogen and oxygen atoms in total. The molecule has 3 aromatic carbocycles. The number of fused-ring (bicyclic) bond motifs is 1. The lowest BCUT2D eigenvalue weighted by Crippen LogP contribution is -1.77. The minimum atomic E-state index is 1.24. The fraction of sp³-hybridized carbons (Fsp3) is 0.0526. The Hall–Kier alpha value is -2.34. The van der Waals surface area contributed by atoms with Crippen molar-refractivity contribution in [3.8, 4) is 0 Å². The van der Waals surface area contributed by atoms with Crippen LogP contribution in [-0.4, -0.2) is 0 Å². The van der Waals surface area contributed by atoms with E-state index in [1.807, 2.05) is 0 Å². The van der Waals surface area contributed by atoms with Crippen LogP contribution in [0.3, 0.4) is 0 Å². The SMILES string of the molecule is Cc1cccc(/C=C/c2ccc3ccccc3c2)c1. The molecule has 3 rings (SSSR count). The zero-order chi connectivity index (χ0) is 13.1. The highest BCUT2D eigenvalue weighted by molar-refractivity contribution is 5.85. The highest BCUT2D eigenvalue weighted by Crippen LogP contribution is 2.17. The molecule has 0 aliphatic rings. The van der Waals surface area contributed by atoms with Crippen molar-refractivity contribution in [2.45, 2.75) is 6.92 Å². The maximum Gasteiger partial charge on any atom is -0.0178 e. The molecular weight excluding hydrogens is 228 g/mol. The molecule has 92 valence electrons. The normalized spacial score (nSPS) is 11.2. The molecule has 19 heavy (non-hydrogen) atoms. The van der Waals surface area contributed by atoms with E-state index in [-0.39, 0.29) is 0 Å². The van der Waals surface area contributed by atoms with Gasteiger partial charge in [0, 0.05) is 0 Å². The summed E-state index contributed by atoms with van der Waals surface area (Å²) in [7, 11) is 0. The van der Waals surface area contributed by atoms with Gasteiger partial charge in [0.05, 0.1) is 0 Å². The predicted octanol–water partition coefficient (Wildman–Crippen LogP) is 5.32. The number of rotatable bonds is 2. The zero-order valence-electron chi connectivity index (χ0n) is 11.0. The van der Waals surface area contributed by atoms with Crippen LogP contribution >= 0.6 is 0 Å². The van der Waals surface area contributed by atoms with E-state index >= 15 is 0 Å². The van der Waals surface area contributed by atoms with Gasteiger partial charge in [0.25, 0.3) is 0 Å². The van der Waals surface area contributed by atoms with Crippen LogP contribution in [0, 0.1) is 6.92 Å². The van der Waals surface area contributed by atoms with Crippen LogP contribution in [0.1, 0.15) is 16.7 Å². The second kappa shape index (κ2) is 5.11. The lowest BCUT2D eigenvalue weighted by molar-refractivity contribution is 1.46. The molecule has 0 heteroatoms. The third-order valence-electron chi connectivity index (χ3n) is 3.28. The molecule has 0 spiro atoms. The van der Waals surface area contributed by atoms with Gasteiger partial charge in [0.1, 0.15) is 0 Å². The van der Waals surface area contributed by atoms with E-state index in [4.69, 9.17) is 0 Å². The van der Waals surface area contributed by atoms with Crippen molar-refractivity contribution in [3.63, 3.8) is 0 Å². The van der Waals surface area contributed by atoms with Crippen LogP contribution < -0.4 is 0 Å². The molecule has 0 unspecified atom stereocenters. The molecule has 0 amide bonds. The number of hydrogen-bond donors (Lipinski definition) is 0. The Morgan fingerprint density at radius 2 is 1.37 bits per heavy atom. The largest absolute Gasteiger partial charge is 0.0616 e. The monoisotopic (exact) mass is 244 g/mol. The Kier molecular flexibility index (Phi) is 3.16. The minimum absolute atomic E-state index is 1.24. The van der Waals surface area contributed by atoms with E-state index < -0.39 is 0 Å². The zero-order valence-corrected chi connectivity index (χ0v) is 11.0. The van der Waals surface area contributed by atoms with Gasteiger partial charge in [-0.3, -0.25) is 0 Å². The Labute approximate surface area is 114 Å². The Morgan fingerprint density at radius 3 is 2.16 bits per heavy atom. The maximum atomic E-state index is 2.22. The van der Waals surface area contributed by atoms with Gasteiger partial charge in [0.2, 0.25) is 0 Å². The molecule has 0 bridgehead atoms. The summed E-state index contributed by atoms with van der Waals surface area (Å²) < 4.78 is 0. The van der Waals surface area contributed by atoms with Crippen molar-refractivity contribution >= 4 is 22.9 Å². The van der Waals surface area contributed by atoms with Crippen LogP contribution in [0.4, 0.5) is 0 Å². The summed E-state index contributed by atoms with van der Waals surface area (Å²) in [6.07, 6.45) is 4.33. The fourth-order valence-electron chi connectivity index (χ4n) is 2.28. The molecule has 0 N–H and O–H groups in total. The van der Waals surface area contributed by atoms with E-state index in [2.05, 4.69) is 85.8 Å². The van der Waals surface area contributed by atoms with Crippen LogP contribution in [-0.2, 0) is 0 Å². The first kappa shape index (κ1) is 11.7. The van der Waals surface area contributed by atoms with E-state index in [1.54, 1.807) is 0 Å². The van der Waals surface area contributed by atoms with Gasteiger partial charge in [-0.1, -0.05) is 78.4 Å². The average molecular weight is 244 g/mol. The van der Waals surface area contributed by atoms with E-state index in [1.165, 1.54) is 27.5 Å². The molecule has 0 radical (unpaired) electrons. The second-order valence-corrected chi connectivity index (χ2v) is 4.85. The fourth-order valence-corrected chi connectivity index (χ4v) is 2.28. The summed E-state index contributed by atoms with van der Waals surface area (Å²) in [4.78, 5) is 0. The lowest BCUT2D eigenvalue weighted by Gasteiger charge is -2.00. The summed E-state index contributed by atoms with van der Waals surface area (Å²) in [6, 6.07) is 23.5. The minimum Gasteiger partial charge on any atom is -0.0616 e. The van der Waals surface area contributed by atoms with E-state index in [0.29, 0.717) is 0 Å². The molecule has 0 saturated heterocycles. The van der Waals surface area contributed by atoms with Crippen molar-refractivity contribution in [2.24, 2.45) is 0 Å². The van der Waals surface area contributed by atoms with Crippen LogP contribution in [0.15, 0.2) is 66.7 Å². The molecule has 0 heterocycles. The molecule has 3 aromatic rings. The highest BCUT2D eigenvalue weighted by atomic mass is 14.0. The van der Waals surface area contributed by atoms with Gasteiger partial charge in [-0.05, 0) is 34.9 Å². The van der Waals surface area contributed by atoms with Gasteiger partial charge in [0.15, 0.2) is 0 Å². The molecular formula is C19H16. The van der Waals surface area contributed by atoms with Gasteiger partial charge < -0.3 is 0 Å². The Balaban J connectivity index is 1.92. The van der Waals surface area contributed by atoms with Crippen molar-refractivity contribution in [1.29, 1.82) is 0 Å². The molecule has 0 aliphatic carbocycles. The Morgan fingerprint density at radius 1 is 0.632 bits per heavy atom. The summed E-state index contributed by atoms with van der Waals surface area (Å²) in [5, 5.41) is 2.57. The third-order valence-corrected chi connectivity index (χ3v) is 3.28. The van der Waals surface area contributed by atoms with Crippen molar-refractivity contribution in [2.75, 3.05) is 0 Å². The summed E-state index contributed by atoms with van der Waals surface area (Å²) in [6.45, 7) is 2.12. The molecule has 0 fully saturated rings. The van der Waals surface area contributed by atoms with E-state index in [9.17, 15) is 0 Å². The van der Waals surface area contributed by atoms with E-state index in [0.717, 1.165) is 0 Å². The average Bonchev–Trinajstić information content (AvgIpc) is 2.45. The summed E-state index contributed by atoms with van der Waals surface area (Å²) in [5.41, 5.74) is 3.77. The van der Waals surface area contributed by atoms with Crippen molar-refractivity contribution in [1.82, 2.24) is 0 Å². The van der Waals surface area contributed by atoms with Gasteiger partial charge in [-0.15, -0.1) is 0 Å². The van der Waals surface area contributed by atoms with Crippen LogP contribution in [0.25, 0.3) is 22.9 Å². The smallest absolute Gasteiger partial charge is 0.0178 e. The van der Waals surface area contributed by atoms with Crippen LogP contribution in [0.5, 0.6) is 0 Å². The number of benzene rings is 3. The highest BCUT2D eigenvalue weighted by Gasteiger charge is 1.93. The first-order valence-electron chi connectivity index (χ1n) is 6.55. The first-order chi connectivity index (χ1) is 9.31. The third kappa shape index (κ3) is 2.74. The number of hydrogen-bond acceptors (Lipinski definition) is 0. The van der Waals surface area contributed by atoms with Gasteiger partial charge in [-0.2, -0.15) is 0 Å². The standard InChI is InChI=1S/C19H16/c1-15-5-4-6-16(13-15)9-10-17-11-12-18-7-2-3-8-19(18)14-17/h2-14H,1H3/b10-9+. The molecule has 0 aromatic heterocycles. The Bertz CT molecular complexity index is 736. The lowest BCUT2D eigenvalue weighted by atomic mass is 10.1. The predicted molar refractivity (Wildman–Crippen MR) is 84.1 cm³/mol. The molecule has 0 aliphatic heterocycles.